The van der Waals surface area contributed by atoms with E-state index in [2.05, 4.69) is 0 Å². The Kier molecular flexibility index (Phi) is 3.69. The van der Waals surface area contributed by atoms with E-state index in [0.29, 0.717) is 11.1 Å². The van der Waals surface area contributed by atoms with Crippen molar-refractivity contribution in [2.75, 3.05) is 0 Å². The van der Waals surface area contributed by atoms with Gasteiger partial charge in [-0.3, -0.25) is 4.79 Å². The summed E-state index contributed by atoms with van der Waals surface area (Å²) >= 11 is 0. The maximum absolute atomic E-state index is 11.5. The van der Waals surface area contributed by atoms with Gasteiger partial charge >= 0.3 is 11.6 Å². The first kappa shape index (κ1) is 13.3. The van der Waals surface area contributed by atoms with E-state index in [9.17, 15) is 9.59 Å². The Bertz CT molecular complexity index is 667. The second kappa shape index (κ2) is 5.26. The van der Waals surface area contributed by atoms with Crippen molar-refractivity contribution in [3.8, 4) is 0 Å². The van der Waals surface area contributed by atoms with Crippen molar-refractivity contribution in [2.24, 2.45) is 5.92 Å². The highest BCUT2D eigenvalue weighted by atomic mass is 16.5. The van der Waals surface area contributed by atoms with Gasteiger partial charge in [0.1, 0.15) is 12.2 Å². The fourth-order valence-corrected chi connectivity index (χ4v) is 1.77. The van der Waals surface area contributed by atoms with Gasteiger partial charge in [-0.15, -0.1) is 0 Å². The predicted molar refractivity (Wildman–Crippen MR) is 71.9 cm³/mol. The lowest BCUT2D eigenvalue weighted by atomic mass is 10.1. The number of carbonyl (C=O) groups is 1. The summed E-state index contributed by atoms with van der Waals surface area (Å²) in [6, 6.07) is 6.96. The van der Waals surface area contributed by atoms with Crippen LogP contribution in [0.25, 0.3) is 11.0 Å². The molecule has 0 fully saturated rings. The van der Waals surface area contributed by atoms with E-state index in [1.807, 2.05) is 19.1 Å². The molecule has 0 bridgehead atoms. The molecule has 0 radical (unpaired) electrons. The number of ether oxygens (including phenoxy) is 1. The van der Waals surface area contributed by atoms with Gasteiger partial charge in [-0.05, 0) is 18.6 Å². The lowest BCUT2D eigenvalue weighted by molar-refractivity contribution is -0.148. The zero-order valence-electron chi connectivity index (χ0n) is 11.2. The van der Waals surface area contributed by atoms with Gasteiger partial charge in [0, 0.05) is 17.0 Å². The molecule has 2 rings (SSSR count). The van der Waals surface area contributed by atoms with E-state index in [0.717, 1.165) is 10.9 Å². The Hall–Kier alpha value is -2.10. The number of hydrogen-bond acceptors (Lipinski definition) is 4. The third-order valence-corrected chi connectivity index (χ3v) is 2.83. The van der Waals surface area contributed by atoms with Gasteiger partial charge in [-0.1, -0.05) is 26.0 Å². The molecule has 0 N–H and O–H groups in total. The van der Waals surface area contributed by atoms with Crippen LogP contribution in [0, 0.1) is 12.8 Å². The molecule has 1 heterocycles. The Balaban J connectivity index is 2.37. The Labute approximate surface area is 111 Å². The minimum absolute atomic E-state index is 0.0855. The number of carbonyl (C=O) groups excluding carboxylic acids is 1. The quantitative estimate of drug-likeness (QED) is 0.629. The molecular formula is C15H16O4. The van der Waals surface area contributed by atoms with Crippen LogP contribution in [0.3, 0.4) is 0 Å². The second-order valence-electron chi connectivity index (χ2n) is 4.85. The molecule has 0 saturated carbocycles. The van der Waals surface area contributed by atoms with Crippen molar-refractivity contribution in [2.45, 2.75) is 27.4 Å². The molecule has 0 atom stereocenters. The molecular weight excluding hydrogens is 244 g/mol. The van der Waals surface area contributed by atoms with E-state index in [1.165, 1.54) is 6.07 Å². The van der Waals surface area contributed by atoms with Crippen molar-refractivity contribution >= 4 is 16.9 Å². The van der Waals surface area contributed by atoms with Gasteiger partial charge in [0.25, 0.3) is 0 Å². The van der Waals surface area contributed by atoms with E-state index in [4.69, 9.17) is 9.15 Å². The summed E-state index contributed by atoms with van der Waals surface area (Å²) in [5, 5.41) is 0.793. The third kappa shape index (κ3) is 3.02. The van der Waals surface area contributed by atoms with E-state index < -0.39 is 5.63 Å². The number of fused-ring (bicyclic) bond motifs is 1. The molecule has 0 aliphatic carbocycles. The van der Waals surface area contributed by atoms with Crippen molar-refractivity contribution in [3.63, 3.8) is 0 Å². The molecule has 0 spiro atoms. The summed E-state index contributed by atoms with van der Waals surface area (Å²) in [6.07, 6.45) is 0. The van der Waals surface area contributed by atoms with Crippen molar-refractivity contribution in [1.82, 2.24) is 0 Å². The van der Waals surface area contributed by atoms with Crippen molar-refractivity contribution < 1.29 is 13.9 Å². The molecule has 0 unspecified atom stereocenters. The maximum Gasteiger partial charge on any atom is 0.336 e. The molecule has 2 aromatic rings. The molecule has 1 aromatic heterocycles. The SMILES string of the molecule is Cc1ccc2c(COC(=O)C(C)C)cc(=O)oc2c1. The minimum atomic E-state index is -0.436. The largest absolute Gasteiger partial charge is 0.461 e. The number of esters is 1. The smallest absolute Gasteiger partial charge is 0.336 e. The molecule has 1 aromatic carbocycles. The van der Waals surface area contributed by atoms with E-state index >= 15 is 0 Å². The molecule has 100 valence electrons. The Morgan fingerprint density at radius 2 is 2.05 bits per heavy atom. The van der Waals surface area contributed by atoms with Crippen LogP contribution < -0.4 is 5.63 Å². The van der Waals surface area contributed by atoms with Gasteiger partial charge in [0.2, 0.25) is 0 Å². The van der Waals surface area contributed by atoms with Crippen LogP contribution in [0.1, 0.15) is 25.0 Å². The summed E-state index contributed by atoms with van der Waals surface area (Å²) < 4.78 is 10.3. The molecule has 0 amide bonds. The van der Waals surface area contributed by atoms with Crippen LogP contribution in [0.5, 0.6) is 0 Å². The predicted octanol–water partition coefficient (Wildman–Crippen LogP) is 2.80. The van der Waals surface area contributed by atoms with Gasteiger partial charge in [-0.2, -0.15) is 0 Å². The average Bonchev–Trinajstić information content (AvgIpc) is 2.34. The van der Waals surface area contributed by atoms with Crippen molar-refractivity contribution in [3.05, 3.63) is 45.8 Å². The van der Waals surface area contributed by atoms with Gasteiger partial charge in [0.05, 0.1) is 5.92 Å². The summed E-state index contributed by atoms with van der Waals surface area (Å²) in [4.78, 5) is 23.0. The highest BCUT2D eigenvalue weighted by molar-refractivity contribution is 5.81. The molecule has 0 aliphatic rings. The monoisotopic (exact) mass is 260 g/mol. The van der Waals surface area contributed by atoms with E-state index in [-0.39, 0.29) is 18.5 Å². The van der Waals surface area contributed by atoms with Gasteiger partial charge in [-0.25, -0.2) is 4.79 Å². The zero-order chi connectivity index (χ0) is 14.0. The number of aryl methyl sites for hydroxylation is 1. The summed E-state index contributed by atoms with van der Waals surface area (Å²) in [7, 11) is 0. The first-order valence-corrected chi connectivity index (χ1v) is 6.17. The highest BCUT2D eigenvalue weighted by Crippen LogP contribution is 2.19. The standard InChI is InChI=1S/C15H16O4/c1-9(2)15(17)18-8-11-7-14(16)19-13-6-10(3)4-5-12(11)13/h4-7,9H,8H2,1-3H3. The summed E-state index contributed by atoms with van der Waals surface area (Å²) in [5.41, 5.74) is 1.75. The fourth-order valence-electron chi connectivity index (χ4n) is 1.77. The lowest BCUT2D eigenvalue weighted by Crippen LogP contribution is -2.12. The minimum Gasteiger partial charge on any atom is -0.461 e. The number of rotatable bonds is 3. The molecule has 4 nitrogen and oxygen atoms in total. The second-order valence-corrected chi connectivity index (χ2v) is 4.85. The first-order valence-electron chi connectivity index (χ1n) is 6.17. The molecule has 4 heteroatoms. The van der Waals surface area contributed by atoms with Gasteiger partial charge in [0.15, 0.2) is 0 Å². The number of benzene rings is 1. The van der Waals surface area contributed by atoms with Crippen LogP contribution >= 0.6 is 0 Å². The zero-order valence-corrected chi connectivity index (χ0v) is 11.2. The summed E-state index contributed by atoms with van der Waals surface area (Å²) in [5.74, 6) is -0.470. The van der Waals surface area contributed by atoms with Crippen LogP contribution in [-0.4, -0.2) is 5.97 Å². The lowest BCUT2D eigenvalue weighted by Gasteiger charge is -2.09. The van der Waals surface area contributed by atoms with Crippen LogP contribution in [0.4, 0.5) is 0 Å². The summed E-state index contributed by atoms with van der Waals surface area (Å²) in [6.45, 7) is 5.54. The maximum atomic E-state index is 11.5. The Morgan fingerprint density at radius 1 is 1.32 bits per heavy atom. The third-order valence-electron chi connectivity index (χ3n) is 2.83. The molecule has 0 saturated heterocycles. The normalized spacial score (nSPS) is 10.9. The molecule has 19 heavy (non-hydrogen) atoms. The van der Waals surface area contributed by atoms with Crippen LogP contribution in [0.15, 0.2) is 33.5 Å². The number of hydrogen-bond donors (Lipinski definition) is 0. The van der Waals surface area contributed by atoms with Crippen LogP contribution in [0.2, 0.25) is 0 Å². The van der Waals surface area contributed by atoms with Gasteiger partial charge < -0.3 is 9.15 Å². The van der Waals surface area contributed by atoms with Crippen molar-refractivity contribution in [1.29, 1.82) is 0 Å². The first-order chi connectivity index (χ1) is 8.97. The highest BCUT2D eigenvalue weighted by Gasteiger charge is 2.11. The molecule has 0 aliphatic heterocycles. The van der Waals surface area contributed by atoms with Crippen LogP contribution in [-0.2, 0) is 16.1 Å². The topological polar surface area (TPSA) is 56.5 Å². The van der Waals surface area contributed by atoms with E-state index in [1.54, 1.807) is 19.9 Å². The average molecular weight is 260 g/mol. The Morgan fingerprint density at radius 3 is 2.74 bits per heavy atom. The fraction of sp³-hybridized carbons (Fsp3) is 0.333.